The number of urea groups is 1. The third kappa shape index (κ3) is 6.34. The van der Waals surface area contributed by atoms with E-state index in [4.69, 9.17) is 0 Å². The van der Waals surface area contributed by atoms with Crippen LogP contribution in [0.15, 0.2) is 29.6 Å². The quantitative estimate of drug-likeness (QED) is 0.628. The summed E-state index contributed by atoms with van der Waals surface area (Å²) in [5.74, 6) is -0.0400. The first-order valence-corrected chi connectivity index (χ1v) is 10.9. The van der Waals surface area contributed by atoms with Gasteiger partial charge in [0.25, 0.3) is 0 Å². The predicted octanol–water partition coefficient (Wildman–Crippen LogP) is 4.73. The van der Waals surface area contributed by atoms with Crippen molar-refractivity contribution in [2.24, 2.45) is 0 Å². The van der Waals surface area contributed by atoms with Gasteiger partial charge in [-0.05, 0) is 43.4 Å². The summed E-state index contributed by atoms with van der Waals surface area (Å²) >= 11 is 1.38. The van der Waals surface area contributed by atoms with Crippen LogP contribution in [0.4, 0.5) is 15.6 Å². The number of thiazole rings is 1. The van der Waals surface area contributed by atoms with E-state index in [1.165, 1.54) is 36.2 Å². The largest absolute Gasteiger partial charge is 0.335 e. The molecule has 3 N–H and O–H groups in total. The summed E-state index contributed by atoms with van der Waals surface area (Å²) in [6.45, 7) is 2.10. The molecule has 0 bridgehead atoms. The summed E-state index contributed by atoms with van der Waals surface area (Å²) in [7, 11) is 0. The summed E-state index contributed by atoms with van der Waals surface area (Å²) in [5, 5.41) is 11.2. The fraction of sp³-hybridized carbons (Fsp3) is 0.476. The second-order valence-corrected chi connectivity index (χ2v) is 8.03. The van der Waals surface area contributed by atoms with E-state index in [1.807, 2.05) is 29.6 Å². The van der Waals surface area contributed by atoms with Gasteiger partial charge in [0.1, 0.15) is 0 Å². The van der Waals surface area contributed by atoms with E-state index in [0.717, 1.165) is 30.6 Å². The molecule has 1 aromatic heterocycles. The molecule has 1 aliphatic rings. The summed E-state index contributed by atoms with van der Waals surface area (Å²) < 4.78 is 0. The molecule has 0 radical (unpaired) electrons. The van der Waals surface area contributed by atoms with Crippen LogP contribution in [0.2, 0.25) is 0 Å². The summed E-state index contributed by atoms with van der Waals surface area (Å²) in [6, 6.07) is 7.96. The van der Waals surface area contributed by atoms with Crippen LogP contribution in [-0.4, -0.2) is 23.0 Å². The predicted molar refractivity (Wildman–Crippen MR) is 114 cm³/mol. The SMILES string of the molecule is CCc1ccc(NC(=O)CCc2csc(NC(=O)NC3CCCCC3)n2)cc1. The van der Waals surface area contributed by atoms with E-state index < -0.39 is 0 Å². The molecule has 6 nitrogen and oxygen atoms in total. The van der Waals surface area contributed by atoms with Gasteiger partial charge in [-0.2, -0.15) is 0 Å². The van der Waals surface area contributed by atoms with Crippen LogP contribution in [0, 0.1) is 0 Å². The monoisotopic (exact) mass is 400 g/mol. The molecular weight excluding hydrogens is 372 g/mol. The molecule has 0 atom stereocenters. The molecular formula is C21H28N4O2S. The van der Waals surface area contributed by atoms with Gasteiger partial charge < -0.3 is 10.6 Å². The molecule has 3 amide bonds. The van der Waals surface area contributed by atoms with E-state index in [-0.39, 0.29) is 18.0 Å². The second kappa shape index (κ2) is 10.2. The maximum atomic E-state index is 12.1. The Labute approximate surface area is 170 Å². The smallest absolute Gasteiger partial charge is 0.321 e. The van der Waals surface area contributed by atoms with E-state index in [9.17, 15) is 9.59 Å². The Morgan fingerprint density at radius 2 is 1.86 bits per heavy atom. The lowest BCUT2D eigenvalue weighted by atomic mass is 9.96. The van der Waals surface area contributed by atoms with E-state index in [0.29, 0.717) is 18.0 Å². The summed E-state index contributed by atoms with van der Waals surface area (Å²) in [6.07, 6.45) is 7.59. The van der Waals surface area contributed by atoms with Crippen molar-refractivity contribution in [1.82, 2.24) is 10.3 Å². The molecule has 0 spiro atoms. The van der Waals surface area contributed by atoms with E-state index >= 15 is 0 Å². The number of anilines is 2. The number of rotatable bonds is 7. The number of benzene rings is 1. The Hall–Kier alpha value is -2.41. The second-order valence-electron chi connectivity index (χ2n) is 7.18. The topological polar surface area (TPSA) is 83.1 Å². The van der Waals surface area contributed by atoms with Crippen LogP contribution in [0.1, 0.15) is 56.7 Å². The van der Waals surface area contributed by atoms with Crippen LogP contribution in [0.25, 0.3) is 0 Å². The maximum Gasteiger partial charge on any atom is 0.321 e. The van der Waals surface area contributed by atoms with Crippen LogP contribution in [0.5, 0.6) is 0 Å². The average molecular weight is 401 g/mol. The molecule has 150 valence electrons. The minimum atomic E-state index is -0.193. The molecule has 1 aliphatic carbocycles. The van der Waals surface area contributed by atoms with Crippen molar-refractivity contribution in [3.05, 3.63) is 40.9 Å². The van der Waals surface area contributed by atoms with E-state index in [1.54, 1.807) is 0 Å². The number of nitrogens with zero attached hydrogens (tertiary/aromatic N) is 1. The van der Waals surface area contributed by atoms with Crippen LogP contribution in [-0.2, 0) is 17.6 Å². The number of hydrogen-bond donors (Lipinski definition) is 3. The van der Waals surface area contributed by atoms with Gasteiger partial charge in [0.15, 0.2) is 5.13 Å². The molecule has 1 heterocycles. The number of aryl methyl sites for hydroxylation is 2. The normalized spacial score (nSPS) is 14.5. The number of hydrogen-bond acceptors (Lipinski definition) is 4. The first kappa shape index (κ1) is 20.3. The van der Waals surface area contributed by atoms with Gasteiger partial charge in [0, 0.05) is 23.5 Å². The first-order valence-electron chi connectivity index (χ1n) is 10.0. The molecule has 2 aromatic rings. The van der Waals surface area contributed by atoms with Crippen LogP contribution >= 0.6 is 11.3 Å². The maximum absolute atomic E-state index is 12.1. The van der Waals surface area contributed by atoms with Gasteiger partial charge in [-0.15, -0.1) is 11.3 Å². The van der Waals surface area contributed by atoms with Crippen molar-refractivity contribution < 1.29 is 9.59 Å². The number of carbonyl (C=O) groups is 2. The van der Waals surface area contributed by atoms with Gasteiger partial charge in [0.05, 0.1) is 5.69 Å². The highest BCUT2D eigenvalue weighted by atomic mass is 32.1. The Morgan fingerprint density at radius 3 is 2.57 bits per heavy atom. The zero-order valence-corrected chi connectivity index (χ0v) is 17.1. The van der Waals surface area contributed by atoms with Crippen molar-refractivity contribution in [3.63, 3.8) is 0 Å². The molecule has 1 aromatic carbocycles. The Morgan fingerprint density at radius 1 is 1.11 bits per heavy atom. The van der Waals surface area contributed by atoms with Crippen LogP contribution < -0.4 is 16.0 Å². The highest BCUT2D eigenvalue weighted by molar-refractivity contribution is 7.13. The van der Waals surface area contributed by atoms with Crippen LogP contribution in [0.3, 0.4) is 0 Å². The third-order valence-corrected chi connectivity index (χ3v) is 5.77. The van der Waals surface area contributed by atoms with Gasteiger partial charge in [0.2, 0.25) is 5.91 Å². The third-order valence-electron chi connectivity index (χ3n) is 4.97. The lowest BCUT2D eigenvalue weighted by Gasteiger charge is -2.22. The standard InChI is InChI=1S/C21H28N4O2S/c1-2-15-8-10-17(11-9-15)22-19(26)13-12-18-14-28-21(24-18)25-20(27)23-16-6-4-3-5-7-16/h8-11,14,16H,2-7,12-13H2,1H3,(H,22,26)(H2,23,24,25,27). The molecule has 0 aliphatic heterocycles. The average Bonchev–Trinajstić information content (AvgIpc) is 3.15. The van der Waals surface area contributed by atoms with Gasteiger partial charge >= 0.3 is 6.03 Å². The molecule has 0 unspecified atom stereocenters. The number of amides is 3. The lowest BCUT2D eigenvalue weighted by Crippen LogP contribution is -2.38. The fourth-order valence-corrected chi connectivity index (χ4v) is 4.07. The molecule has 7 heteroatoms. The first-order chi connectivity index (χ1) is 13.6. The number of aromatic nitrogens is 1. The van der Waals surface area contributed by atoms with Crippen molar-refractivity contribution in [1.29, 1.82) is 0 Å². The summed E-state index contributed by atoms with van der Waals surface area (Å²) in [4.78, 5) is 28.6. The zero-order valence-electron chi connectivity index (χ0n) is 16.3. The molecule has 3 rings (SSSR count). The molecule has 0 saturated heterocycles. The number of carbonyl (C=O) groups excluding carboxylic acids is 2. The van der Waals surface area contributed by atoms with Gasteiger partial charge in [-0.3, -0.25) is 10.1 Å². The fourth-order valence-electron chi connectivity index (χ4n) is 3.33. The highest BCUT2D eigenvalue weighted by Crippen LogP contribution is 2.19. The Bertz CT molecular complexity index is 782. The Kier molecular flexibility index (Phi) is 7.42. The highest BCUT2D eigenvalue weighted by Gasteiger charge is 2.16. The van der Waals surface area contributed by atoms with Crippen molar-refractivity contribution in [2.75, 3.05) is 10.6 Å². The van der Waals surface area contributed by atoms with Gasteiger partial charge in [-0.25, -0.2) is 9.78 Å². The Balaban J connectivity index is 1.40. The van der Waals surface area contributed by atoms with Crippen molar-refractivity contribution in [2.45, 2.75) is 64.3 Å². The molecule has 1 saturated carbocycles. The minimum Gasteiger partial charge on any atom is -0.335 e. The van der Waals surface area contributed by atoms with Gasteiger partial charge in [-0.1, -0.05) is 38.3 Å². The van der Waals surface area contributed by atoms with Crippen molar-refractivity contribution in [3.8, 4) is 0 Å². The lowest BCUT2D eigenvalue weighted by molar-refractivity contribution is -0.116. The molecule has 1 fully saturated rings. The molecule has 28 heavy (non-hydrogen) atoms. The summed E-state index contributed by atoms with van der Waals surface area (Å²) in [5.41, 5.74) is 2.87. The zero-order chi connectivity index (χ0) is 19.8. The minimum absolute atomic E-state index is 0.0400. The number of nitrogens with one attached hydrogen (secondary N) is 3. The van der Waals surface area contributed by atoms with E-state index in [2.05, 4.69) is 27.9 Å². The van der Waals surface area contributed by atoms with Crippen molar-refractivity contribution >= 4 is 34.1 Å².